The van der Waals surface area contributed by atoms with Crippen molar-refractivity contribution >= 4 is 30.0 Å². The van der Waals surface area contributed by atoms with E-state index in [0.717, 1.165) is 5.56 Å². The summed E-state index contributed by atoms with van der Waals surface area (Å²) in [5.41, 5.74) is 0.699. The quantitative estimate of drug-likeness (QED) is 0.171. The Morgan fingerprint density at radius 3 is 1.98 bits per heavy atom. The van der Waals surface area contributed by atoms with Crippen LogP contribution in [-0.2, 0) is 36.7 Å². The van der Waals surface area contributed by atoms with Crippen molar-refractivity contribution in [1.29, 1.82) is 0 Å². The van der Waals surface area contributed by atoms with E-state index in [1.54, 1.807) is 84.0 Å². The molecule has 50 heavy (non-hydrogen) atoms. The molecule has 11 nitrogen and oxygen atoms in total. The first-order valence-electron chi connectivity index (χ1n) is 16.5. The fourth-order valence-electron chi connectivity index (χ4n) is 5.19. The molecule has 3 aromatic carbocycles. The summed E-state index contributed by atoms with van der Waals surface area (Å²) in [7, 11) is 0. The molecule has 0 aliphatic heterocycles. The van der Waals surface area contributed by atoms with Crippen LogP contribution in [-0.4, -0.2) is 75.4 Å². The highest BCUT2D eigenvalue weighted by atomic mass is 16.6. The molecule has 3 unspecified atom stereocenters. The molecular weight excluding hydrogens is 638 g/mol. The molecule has 3 atom stereocenters. The summed E-state index contributed by atoms with van der Waals surface area (Å²) in [6, 6.07) is 18.3. The van der Waals surface area contributed by atoms with E-state index in [4.69, 9.17) is 9.47 Å². The lowest BCUT2D eigenvalue weighted by Crippen LogP contribution is -2.56. The Labute approximate surface area is 294 Å². The van der Waals surface area contributed by atoms with Gasteiger partial charge in [-0.3, -0.25) is 9.59 Å². The van der Waals surface area contributed by atoms with Crippen molar-refractivity contribution in [2.75, 3.05) is 13.2 Å². The fourth-order valence-corrected chi connectivity index (χ4v) is 5.19. The second kappa shape index (κ2) is 17.5. The van der Waals surface area contributed by atoms with Crippen LogP contribution in [0.25, 0.3) is 6.08 Å². The number of nitrogens with zero attached hydrogens (tertiary/aromatic N) is 1. The van der Waals surface area contributed by atoms with Gasteiger partial charge in [0.25, 0.3) is 0 Å². The van der Waals surface area contributed by atoms with Crippen molar-refractivity contribution in [3.63, 3.8) is 0 Å². The molecule has 0 saturated carbocycles. The molecule has 11 heteroatoms. The van der Waals surface area contributed by atoms with Crippen molar-refractivity contribution in [2.24, 2.45) is 0 Å². The maximum atomic E-state index is 14.6. The summed E-state index contributed by atoms with van der Waals surface area (Å²) in [5, 5.41) is 25.5. The predicted octanol–water partition coefficient (Wildman–Crippen LogP) is 5.10. The van der Waals surface area contributed by atoms with E-state index >= 15 is 0 Å². The van der Waals surface area contributed by atoms with Crippen molar-refractivity contribution in [1.82, 2.24) is 15.5 Å². The van der Waals surface area contributed by atoms with Crippen LogP contribution in [0.5, 0.6) is 5.75 Å². The van der Waals surface area contributed by atoms with Crippen LogP contribution in [0.4, 0.5) is 4.79 Å². The summed E-state index contributed by atoms with van der Waals surface area (Å²) >= 11 is 0. The molecule has 0 aromatic heterocycles. The summed E-state index contributed by atoms with van der Waals surface area (Å²) in [4.78, 5) is 56.8. The third kappa shape index (κ3) is 12.4. The third-order valence-corrected chi connectivity index (χ3v) is 7.30. The Bertz CT molecular complexity index is 1610. The van der Waals surface area contributed by atoms with Crippen molar-refractivity contribution in [3.8, 4) is 5.75 Å². The molecule has 0 heterocycles. The van der Waals surface area contributed by atoms with Gasteiger partial charge in [0, 0.05) is 19.4 Å². The zero-order valence-electron chi connectivity index (χ0n) is 29.6. The first-order chi connectivity index (χ1) is 23.5. The SMILES string of the molecule is C=Cc1cccc(C(C(=O)NC(Cc2ccccc2)C(=O)OC(C)(C)C)N(CCO)C(=O)C(Cc2ccc(O)cc2)NC(=O)OC(C)(C)C)c1. The molecule has 0 aliphatic rings. The molecule has 268 valence electrons. The number of carbonyl (C=O) groups is 4. The molecule has 0 spiro atoms. The minimum absolute atomic E-state index is 0.0208. The normalized spacial score (nSPS) is 13.3. The van der Waals surface area contributed by atoms with E-state index in [0.29, 0.717) is 16.7 Å². The van der Waals surface area contributed by atoms with Gasteiger partial charge in [-0.1, -0.05) is 73.3 Å². The summed E-state index contributed by atoms with van der Waals surface area (Å²) in [6.07, 6.45) is 0.808. The van der Waals surface area contributed by atoms with Crippen LogP contribution in [0, 0.1) is 0 Å². The van der Waals surface area contributed by atoms with Crippen molar-refractivity contribution < 1.29 is 38.9 Å². The number of nitrogens with one attached hydrogen (secondary N) is 2. The second-order valence-corrected chi connectivity index (χ2v) is 13.9. The van der Waals surface area contributed by atoms with Crippen LogP contribution in [0.2, 0.25) is 0 Å². The van der Waals surface area contributed by atoms with Crippen LogP contribution < -0.4 is 10.6 Å². The number of amides is 3. The number of carbonyl (C=O) groups excluding carboxylic acids is 4. The van der Waals surface area contributed by atoms with Gasteiger partial charge in [0.2, 0.25) is 11.8 Å². The average Bonchev–Trinajstić information content (AvgIpc) is 3.03. The van der Waals surface area contributed by atoms with E-state index in [9.17, 15) is 29.4 Å². The van der Waals surface area contributed by atoms with Gasteiger partial charge in [0.1, 0.15) is 35.1 Å². The highest BCUT2D eigenvalue weighted by Crippen LogP contribution is 2.26. The Kier molecular flexibility index (Phi) is 13.7. The zero-order chi connectivity index (χ0) is 37.1. The number of aliphatic hydroxyl groups is 1. The van der Waals surface area contributed by atoms with Crippen LogP contribution in [0.15, 0.2) is 85.4 Å². The molecule has 0 aliphatic carbocycles. The third-order valence-electron chi connectivity index (χ3n) is 7.30. The predicted molar refractivity (Wildman–Crippen MR) is 191 cm³/mol. The summed E-state index contributed by atoms with van der Waals surface area (Å²) in [5.74, 6) is -2.04. The standard InChI is InChI=1S/C39H49N3O8/c1-8-26-15-12-16-29(23-26)33(34(45)40-32(36(47)49-38(2,3)4)25-27-13-10-9-11-14-27)42(21-22-43)35(46)31(41-37(48)50-39(5,6)7)24-28-17-19-30(44)20-18-28/h8-20,23,31-33,43-44H,1,21-22,24-25H2,2-7H3,(H,40,45)(H,41,48). The van der Waals surface area contributed by atoms with Crippen molar-refractivity contribution in [3.05, 3.63) is 108 Å². The zero-order valence-corrected chi connectivity index (χ0v) is 29.6. The highest BCUT2D eigenvalue weighted by molar-refractivity contribution is 5.94. The largest absolute Gasteiger partial charge is 0.508 e. The van der Waals surface area contributed by atoms with Crippen LogP contribution in [0.3, 0.4) is 0 Å². The lowest BCUT2D eigenvalue weighted by atomic mass is 9.98. The number of aliphatic hydroxyl groups excluding tert-OH is 1. The fraction of sp³-hybridized carbons (Fsp3) is 0.385. The van der Waals surface area contributed by atoms with Crippen molar-refractivity contribution in [2.45, 2.75) is 83.7 Å². The maximum absolute atomic E-state index is 14.6. The highest BCUT2D eigenvalue weighted by Gasteiger charge is 2.38. The minimum atomic E-state index is -1.36. The molecule has 4 N–H and O–H groups in total. The molecule has 0 fully saturated rings. The number of phenolic OH excluding ortho intramolecular Hbond substituents is 1. The number of phenols is 1. The van der Waals surface area contributed by atoms with Gasteiger partial charge in [-0.15, -0.1) is 0 Å². The number of benzene rings is 3. The molecule has 0 radical (unpaired) electrons. The number of esters is 1. The van der Waals surface area contributed by atoms with E-state index in [2.05, 4.69) is 17.2 Å². The lowest BCUT2D eigenvalue weighted by molar-refractivity contribution is -0.159. The topological polar surface area (TPSA) is 154 Å². The molecule has 3 rings (SSSR count). The van der Waals surface area contributed by atoms with Gasteiger partial charge in [-0.25, -0.2) is 9.59 Å². The first kappa shape index (κ1) is 39.3. The van der Waals surface area contributed by atoms with E-state index in [1.807, 2.05) is 30.3 Å². The molecule has 0 bridgehead atoms. The van der Waals surface area contributed by atoms with Gasteiger partial charge in [-0.2, -0.15) is 0 Å². The Hall–Kier alpha value is -5.16. The maximum Gasteiger partial charge on any atom is 0.408 e. The number of hydrogen-bond donors (Lipinski definition) is 4. The Balaban J connectivity index is 2.11. The number of aromatic hydroxyl groups is 1. The summed E-state index contributed by atoms with van der Waals surface area (Å²) in [6.45, 7) is 13.2. The second-order valence-electron chi connectivity index (χ2n) is 13.9. The number of hydrogen-bond acceptors (Lipinski definition) is 8. The van der Waals surface area contributed by atoms with E-state index in [1.165, 1.54) is 17.0 Å². The Morgan fingerprint density at radius 1 is 0.800 bits per heavy atom. The Morgan fingerprint density at radius 2 is 1.40 bits per heavy atom. The molecule has 0 saturated heterocycles. The minimum Gasteiger partial charge on any atom is -0.508 e. The lowest BCUT2D eigenvalue weighted by Gasteiger charge is -2.35. The smallest absolute Gasteiger partial charge is 0.408 e. The number of alkyl carbamates (subject to hydrolysis) is 1. The summed E-state index contributed by atoms with van der Waals surface area (Å²) < 4.78 is 11.1. The van der Waals surface area contributed by atoms with Gasteiger partial charge >= 0.3 is 12.1 Å². The van der Waals surface area contributed by atoms with Gasteiger partial charge in [0.15, 0.2) is 0 Å². The van der Waals surface area contributed by atoms with Crippen LogP contribution >= 0.6 is 0 Å². The number of rotatable bonds is 14. The van der Waals surface area contributed by atoms with Gasteiger partial charge in [-0.05, 0) is 82.0 Å². The molecule has 3 aromatic rings. The monoisotopic (exact) mass is 687 g/mol. The van der Waals surface area contributed by atoms with E-state index < -0.39 is 59.8 Å². The first-order valence-corrected chi connectivity index (χ1v) is 16.5. The molecule has 3 amide bonds. The molecular formula is C39H49N3O8. The van der Waals surface area contributed by atoms with E-state index in [-0.39, 0.29) is 25.1 Å². The average molecular weight is 688 g/mol. The van der Waals surface area contributed by atoms with Gasteiger partial charge in [0.05, 0.1) is 6.61 Å². The number of ether oxygens (including phenoxy) is 2. The van der Waals surface area contributed by atoms with Gasteiger partial charge < -0.3 is 35.2 Å². The van der Waals surface area contributed by atoms with Crippen LogP contribution in [0.1, 0.15) is 69.8 Å².